The highest BCUT2D eigenvalue weighted by Gasteiger charge is 2.17. The maximum atomic E-state index is 12.1. The first-order valence-corrected chi connectivity index (χ1v) is 7.80. The van der Waals surface area contributed by atoms with Crippen molar-refractivity contribution in [1.29, 1.82) is 5.26 Å². The number of halogens is 1. The third kappa shape index (κ3) is 5.18. The van der Waals surface area contributed by atoms with Gasteiger partial charge in [0, 0.05) is 23.8 Å². The molecule has 2 aromatic rings. The SMILES string of the molecule is COc1ccc(NC[C@H](C#N)C(=O)NCc2ccc(Cl)cc2)cc1. The normalized spacial score (nSPS) is 11.2. The summed E-state index contributed by atoms with van der Waals surface area (Å²) in [6.07, 6.45) is 0. The van der Waals surface area contributed by atoms with Gasteiger partial charge in [-0.15, -0.1) is 0 Å². The summed E-state index contributed by atoms with van der Waals surface area (Å²) in [6.45, 7) is 0.589. The third-order valence-electron chi connectivity index (χ3n) is 3.45. The molecule has 2 aromatic carbocycles. The van der Waals surface area contributed by atoms with Crippen molar-refractivity contribution >= 4 is 23.2 Å². The predicted octanol–water partition coefficient (Wildman–Crippen LogP) is 3.22. The number of nitrogens with one attached hydrogen (secondary N) is 2. The number of hydrogen-bond acceptors (Lipinski definition) is 4. The van der Waals surface area contributed by atoms with Crippen LogP contribution in [0.3, 0.4) is 0 Å². The summed E-state index contributed by atoms with van der Waals surface area (Å²) in [5.41, 5.74) is 1.74. The van der Waals surface area contributed by atoms with Crippen LogP contribution < -0.4 is 15.4 Å². The lowest BCUT2D eigenvalue weighted by atomic mass is 10.1. The molecule has 1 atom stereocenters. The molecule has 2 N–H and O–H groups in total. The van der Waals surface area contributed by atoms with Crippen molar-refractivity contribution in [3.63, 3.8) is 0 Å². The summed E-state index contributed by atoms with van der Waals surface area (Å²) in [7, 11) is 1.60. The second-order valence-electron chi connectivity index (χ2n) is 5.14. The number of carbonyl (C=O) groups is 1. The minimum Gasteiger partial charge on any atom is -0.497 e. The summed E-state index contributed by atoms with van der Waals surface area (Å²) < 4.78 is 5.08. The monoisotopic (exact) mass is 343 g/mol. The van der Waals surface area contributed by atoms with Gasteiger partial charge in [-0.3, -0.25) is 4.79 Å². The van der Waals surface area contributed by atoms with E-state index >= 15 is 0 Å². The topological polar surface area (TPSA) is 74.1 Å². The molecule has 0 aliphatic rings. The van der Waals surface area contributed by atoms with Crippen molar-refractivity contribution in [2.75, 3.05) is 19.0 Å². The second kappa shape index (κ2) is 8.80. The van der Waals surface area contributed by atoms with Crippen LogP contribution in [0.1, 0.15) is 5.56 Å². The zero-order valence-corrected chi connectivity index (χ0v) is 14.0. The van der Waals surface area contributed by atoms with Crippen LogP contribution in [0.5, 0.6) is 5.75 Å². The number of nitrogens with zero attached hydrogens (tertiary/aromatic N) is 1. The van der Waals surface area contributed by atoms with Gasteiger partial charge in [0.05, 0.1) is 13.2 Å². The van der Waals surface area contributed by atoms with E-state index in [0.717, 1.165) is 17.0 Å². The zero-order chi connectivity index (χ0) is 17.4. The second-order valence-corrected chi connectivity index (χ2v) is 5.57. The molecule has 0 fully saturated rings. The third-order valence-corrected chi connectivity index (χ3v) is 3.70. The van der Waals surface area contributed by atoms with Crippen LogP contribution in [-0.4, -0.2) is 19.6 Å². The first-order valence-electron chi connectivity index (χ1n) is 7.42. The highest BCUT2D eigenvalue weighted by Crippen LogP contribution is 2.15. The largest absolute Gasteiger partial charge is 0.497 e. The van der Waals surface area contributed by atoms with Crippen LogP contribution in [0.4, 0.5) is 5.69 Å². The number of hydrogen-bond donors (Lipinski definition) is 2. The van der Waals surface area contributed by atoms with E-state index in [1.165, 1.54) is 0 Å². The lowest BCUT2D eigenvalue weighted by Crippen LogP contribution is -2.33. The van der Waals surface area contributed by atoms with Gasteiger partial charge in [0.25, 0.3) is 0 Å². The summed E-state index contributed by atoms with van der Waals surface area (Å²) in [5.74, 6) is -0.342. The smallest absolute Gasteiger partial charge is 0.239 e. The molecule has 0 bridgehead atoms. The molecular formula is C18H18ClN3O2. The Labute approximate surface area is 146 Å². The van der Waals surface area contributed by atoms with Crippen molar-refractivity contribution in [2.45, 2.75) is 6.54 Å². The number of ether oxygens (including phenoxy) is 1. The van der Waals surface area contributed by atoms with Gasteiger partial charge in [-0.2, -0.15) is 5.26 Å². The summed E-state index contributed by atoms with van der Waals surface area (Å²) in [6, 6.07) is 16.5. The molecule has 0 unspecified atom stereocenters. The van der Waals surface area contributed by atoms with Gasteiger partial charge in [-0.1, -0.05) is 23.7 Å². The molecule has 0 saturated heterocycles. The van der Waals surface area contributed by atoms with Crippen LogP contribution in [0.25, 0.3) is 0 Å². The fraction of sp³-hybridized carbons (Fsp3) is 0.222. The molecule has 0 radical (unpaired) electrons. The molecular weight excluding hydrogens is 326 g/mol. The fourth-order valence-electron chi connectivity index (χ4n) is 2.04. The van der Waals surface area contributed by atoms with E-state index in [4.69, 9.17) is 16.3 Å². The lowest BCUT2D eigenvalue weighted by Gasteiger charge is -2.12. The molecule has 2 rings (SSSR count). The molecule has 0 aliphatic heterocycles. The first-order chi connectivity index (χ1) is 11.6. The number of methoxy groups -OCH3 is 1. The van der Waals surface area contributed by atoms with Crippen molar-refractivity contribution in [3.8, 4) is 11.8 Å². The van der Waals surface area contributed by atoms with Crippen LogP contribution in [0, 0.1) is 17.2 Å². The van der Waals surface area contributed by atoms with Crippen molar-refractivity contribution in [1.82, 2.24) is 5.32 Å². The number of amides is 1. The lowest BCUT2D eigenvalue weighted by molar-refractivity contribution is -0.123. The van der Waals surface area contributed by atoms with E-state index in [0.29, 0.717) is 11.6 Å². The Morgan fingerprint density at radius 3 is 2.46 bits per heavy atom. The standard InChI is InChI=1S/C18H18ClN3O2/c1-24-17-8-6-16(7-9-17)21-12-14(10-20)18(23)22-11-13-2-4-15(19)5-3-13/h2-9,14,21H,11-12H2,1H3,(H,22,23)/t14-/m0/s1. The molecule has 0 aliphatic carbocycles. The zero-order valence-electron chi connectivity index (χ0n) is 13.3. The van der Waals surface area contributed by atoms with Crippen molar-refractivity contribution in [2.24, 2.45) is 5.92 Å². The number of benzene rings is 2. The number of carbonyl (C=O) groups excluding carboxylic acids is 1. The van der Waals surface area contributed by atoms with E-state index < -0.39 is 5.92 Å². The van der Waals surface area contributed by atoms with Crippen molar-refractivity contribution < 1.29 is 9.53 Å². The van der Waals surface area contributed by atoms with Crippen molar-refractivity contribution in [3.05, 3.63) is 59.1 Å². The van der Waals surface area contributed by atoms with Crippen LogP contribution >= 0.6 is 11.6 Å². The van der Waals surface area contributed by atoms with Crippen LogP contribution in [-0.2, 0) is 11.3 Å². The number of nitriles is 1. The Kier molecular flexibility index (Phi) is 6.47. The molecule has 5 nitrogen and oxygen atoms in total. The molecule has 0 heterocycles. The maximum absolute atomic E-state index is 12.1. The van der Waals surface area contributed by atoms with Gasteiger partial charge >= 0.3 is 0 Å². The highest BCUT2D eigenvalue weighted by molar-refractivity contribution is 6.30. The maximum Gasteiger partial charge on any atom is 0.239 e. The fourth-order valence-corrected chi connectivity index (χ4v) is 2.17. The molecule has 124 valence electrons. The summed E-state index contributed by atoms with van der Waals surface area (Å²) >= 11 is 5.82. The Balaban J connectivity index is 1.84. The molecule has 0 spiro atoms. The molecule has 6 heteroatoms. The Bertz CT molecular complexity index is 709. The first kappa shape index (κ1) is 17.6. The van der Waals surface area contributed by atoms with E-state index in [9.17, 15) is 10.1 Å². The van der Waals surface area contributed by atoms with E-state index in [-0.39, 0.29) is 12.5 Å². The van der Waals surface area contributed by atoms with E-state index in [2.05, 4.69) is 10.6 Å². The molecule has 1 amide bonds. The van der Waals surface area contributed by atoms with E-state index in [1.807, 2.05) is 42.5 Å². The quantitative estimate of drug-likeness (QED) is 0.809. The predicted molar refractivity (Wildman–Crippen MR) is 93.9 cm³/mol. The molecule has 24 heavy (non-hydrogen) atoms. The average molecular weight is 344 g/mol. The van der Waals surface area contributed by atoms with Crippen LogP contribution in [0.2, 0.25) is 5.02 Å². The average Bonchev–Trinajstić information content (AvgIpc) is 2.62. The molecule has 0 saturated carbocycles. The Hall–Kier alpha value is -2.71. The number of rotatable bonds is 7. The summed E-state index contributed by atoms with van der Waals surface area (Å²) in [4.78, 5) is 12.1. The summed E-state index contributed by atoms with van der Waals surface area (Å²) in [5, 5.41) is 15.7. The Morgan fingerprint density at radius 1 is 1.21 bits per heavy atom. The molecule has 0 aromatic heterocycles. The van der Waals surface area contributed by atoms with Gasteiger partial charge in [-0.05, 0) is 42.0 Å². The van der Waals surface area contributed by atoms with Gasteiger partial charge in [0.15, 0.2) is 0 Å². The minimum atomic E-state index is -0.778. The van der Waals surface area contributed by atoms with Gasteiger partial charge < -0.3 is 15.4 Å². The van der Waals surface area contributed by atoms with Crippen LogP contribution in [0.15, 0.2) is 48.5 Å². The number of anilines is 1. The Morgan fingerprint density at radius 2 is 1.88 bits per heavy atom. The van der Waals surface area contributed by atoms with Gasteiger partial charge in [-0.25, -0.2) is 0 Å². The van der Waals surface area contributed by atoms with Gasteiger partial charge in [0.1, 0.15) is 11.7 Å². The highest BCUT2D eigenvalue weighted by atomic mass is 35.5. The van der Waals surface area contributed by atoms with E-state index in [1.54, 1.807) is 19.2 Å². The van der Waals surface area contributed by atoms with Gasteiger partial charge in [0.2, 0.25) is 5.91 Å². The minimum absolute atomic E-state index is 0.231.